The SMILES string of the molecule is CC/C=C\C/C=C\C/C=C\C/C=C\C/C=C\CCCCCCCCCCCCCC(=O)NC(CO)C(O)/C=C/CCCCCCC. The molecule has 0 bridgehead atoms. The monoisotopic (exact) mass is 640 g/mol. The quantitative estimate of drug-likeness (QED) is 0.0494. The van der Waals surface area contributed by atoms with Crippen LogP contribution in [0.5, 0.6) is 0 Å². The van der Waals surface area contributed by atoms with Crippen LogP contribution >= 0.6 is 0 Å². The first kappa shape index (κ1) is 43.8. The van der Waals surface area contributed by atoms with E-state index in [-0.39, 0.29) is 12.5 Å². The highest BCUT2D eigenvalue weighted by atomic mass is 16.3. The van der Waals surface area contributed by atoms with Crippen molar-refractivity contribution in [2.75, 3.05) is 6.61 Å². The van der Waals surface area contributed by atoms with Crippen LogP contribution in [0.1, 0.15) is 168 Å². The third-order valence-corrected chi connectivity index (χ3v) is 8.20. The van der Waals surface area contributed by atoms with E-state index in [1.165, 1.54) is 89.9 Å². The summed E-state index contributed by atoms with van der Waals surface area (Å²) in [7, 11) is 0. The normalized spacial score (nSPS) is 13.9. The second-order valence-corrected chi connectivity index (χ2v) is 12.6. The van der Waals surface area contributed by atoms with E-state index in [4.69, 9.17) is 0 Å². The molecule has 0 spiro atoms. The van der Waals surface area contributed by atoms with Crippen molar-refractivity contribution < 1.29 is 15.0 Å². The van der Waals surface area contributed by atoms with E-state index in [0.29, 0.717) is 6.42 Å². The molecule has 0 aromatic rings. The number of carbonyl (C=O) groups is 1. The van der Waals surface area contributed by atoms with Gasteiger partial charge in [-0.05, 0) is 64.2 Å². The van der Waals surface area contributed by atoms with Gasteiger partial charge < -0.3 is 15.5 Å². The Morgan fingerprint density at radius 3 is 1.43 bits per heavy atom. The molecule has 46 heavy (non-hydrogen) atoms. The lowest BCUT2D eigenvalue weighted by atomic mass is 10.0. The first-order chi connectivity index (χ1) is 22.7. The summed E-state index contributed by atoms with van der Waals surface area (Å²) in [6.07, 6.45) is 52.9. The fourth-order valence-electron chi connectivity index (χ4n) is 5.26. The van der Waals surface area contributed by atoms with Crippen LogP contribution in [-0.4, -0.2) is 34.9 Å². The average molecular weight is 640 g/mol. The van der Waals surface area contributed by atoms with Crippen molar-refractivity contribution >= 4 is 5.91 Å². The van der Waals surface area contributed by atoms with E-state index in [2.05, 4.69) is 79.9 Å². The maximum Gasteiger partial charge on any atom is 0.220 e. The molecule has 1 amide bonds. The van der Waals surface area contributed by atoms with Crippen molar-refractivity contribution in [2.24, 2.45) is 0 Å². The molecule has 0 aromatic carbocycles. The Balaban J connectivity index is 3.55. The zero-order valence-electron chi connectivity index (χ0n) is 30.1. The molecule has 0 saturated heterocycles. The summed E-state index contributed by atoms with van der Waals surface area (Å²) in [5.74, 6) is -0.0765. The molecule has 4 nitrogen and oxygen atoms in total. The highest BCUT2D eigenvalue weighted by Gasteiger charge is 2.17. The second kappa shape index (κ2) is 37.3. The van der Waals surface area contributed by atoms with Crippen LogP contribution in [-0.2, 0) is 4.79 Å². The Kier molecular flexibility index (Phi) is 35.5. The van der Waals surface area contributed by atoms with Gasteiger partial charge in [0.05, 0.1) is 18.8 Å². The zero-order chi connectivity index (χ0) is 33.6. The first-order valence-electron chi connectivity index (χ1n) is 19.2. The van der Waals surface area contributed by atoms with Crippen molar-refractivity contribution in [3.05, 3.63) is 72.9 Å². The number of nitrogens with one attached hydrogen (secondary N) is 1. The van der Waals surface area contributed by atoms with Gasteiger partial charge in [-0.25, -0.2) is 0 Å². The minimum atomic E-state index is -0.839. The maximum absolute atomic E-state index is 12.3. The van der Waals surface area contributed by atoms with Crippen LogP contribution in [0.25, 0.3) is 0 Å². The number of hydrogen-bond acceptors (Lipinski definition) is 3. The fraction of sp³-hybridized carbons (Fsp3) is 0.690. The van der Waals surface area contributed by atoms with Crippen molar-refractivity contribution in [1.82, 2.24) is 5.32 Å². The van der Waals surface area contributed by atoms with Crippen LogP contribution in [0, 0.1) is 0 Å². The summed E-state index contributed by atoms with van der Waals surface area (Å²) in [4.78, 5) is 12.3. The minimum Gasteiger partial charge on any atom is -0.394 e. The summed E-state index contributed by atoms with van der Waals surface area (Å²) in [6, 6.07) is -0.623. The van der Waals surface area contributed by atoms with Gasteiger partial charge in [-0.1, -0.05) is 170 Å². The molecule has 3 N–H and O–H groups in total. The Labute approximate surface area is 285 Å². The molecule has 0 rings (SSSR count). The topological polar surface area (TPSA) is 69.6 Å². The molecular formula is C42H73NO3. The number of unbranched alkanes of at least 4 members (excludes halogenated alkanes) is 16. The molecule has 0 aliphatic rings. The highest BCUT2D eigenvalue weighted by Crippen LogP contribution is 2.13. The van der Waals surface area contributed by atoms with E-state index in [1.54, 1.807) is 6.08 Å². The molecule has 4 heteroatoms. The van der Waals surface area contributed by atoms with Gasteiger partial charge in [0.15, 0.2) is 0 Å². The van der Waals surface area contributed by atoms with E-state index in [9.17, 15) is 15.0 Å². The van der Waals surface area contributed by atoms with Gasteiger partial charge in [0.1, 0.15) is 0 Å². The molecule has 0 aliphatic heterocycles. The maximum atomic E-state index is 12.3. The van der Waals surface area contributed by atoms with Crippen molar-refractivity contribution in [2.45, 2.75) is 180 Å². The van der Waals surface area contributed by atoms with Crippen molar-refractivity contribution in [1.29, 1.82) is 0 Å². The Hall–Kier alpha value is -2.17. The van der Waals surface area contributed by atoms with Crippen LogP contribution < -0.4 is 5.32 Å². The Bertz CT molecular complexity index is 823. The number of allylic oxidation sites excluding steroid dienone is 11. The lowest BCUT2D eigenvalue weighted by Crippen LogP contribution is -2.45. The van der Waals surface area contributed by atoms with Gasteiger partial charge >= 0.3 is 0 Å². The van der Waals surface area contributed by atoms with Gasteiger partial charge in [-0.15, -0.1) is 0 Å². The summed E-state index contributed by atoms with van der Waals surface area (Å²) in [5, 5.41) is 22.7. The molecule has 264 valence electrons. The first-order valence-corrected chi connectivity index (χ1v) is 19.2. The summed E-state index contributed by atoms with van der Waals surface area (Å²) >= 11 is 0. The lowest BCUT2D eigenvalue weighted by Gasteiger charge is -2.20. The average Bonchev–Trinajstić information content (AvgIpc) is 3.06. The molecule has 0 radical (unpaired) electrons. The number of carbonyl (C=O) groups excluding carboxylic acids is 1. The number of amides is 1. The standard InChI is InChI=1S/C42H73NO3/c1-3-5-7-9-11-12-13-14-15-16-17-18-19-20-21-22-23-24-25-26-27-28-29-30-32-34-36-38-42(46)43-40(39-44)41(45)37-35-33-31-10-8-6-4-2/h5,7,11-12,14-15,17-18,20-21,35,37,40-41,44-45H,3-4,6,8-10,13,16,19,22-34,36,38-39H2,1-2H3,(H,43,46)/b7-5-,12-11-,15-14-,18-17-,21-20-,37-35+. The van der Waals surface area contributed by atoms with Crippen LogP contribution in [0.2, 0.25) is 0 Å². The molecular weight excluding hydrogens is 566 g/mol. The minimum absolute atomic E-state index is 0.0765. The number of aliphatic hydroxyl groups is 2. The van der Waals surface area contributed by atoms with Crippen LogP contribution in [0.15, 0.2) is 72.9 Å². The molecule has 2 atom stereocenters. The molecule has 0 aromatic heterocycles. The molecule has 0 heterocycles. The molecule has 0 saturated carbocycles. The summed E-state index contributed by atoms with van der Waals surface area (Å²) < 4.78 is 0. The van der Waals surface area contributed by atoms with Gasteiger partial charge in [-0.3, -0.25) is 4.79 Å². The van der Waals surface area contributed by atoms with E-state index >= 15 is 0 Å². The number of rotatable bonds is 33. The molecule has 0 aliphatic carbocycles. The summed E-state index contributed by atoms with van der Waals surface area (Å²) in [5.41, 5.74) is 0. The van der Waals surface area contributed by atoms with Crippen molar-refractivity contribution in [3.8, 4) is 0 Å². The predicted molar refractivity (Wildman–Crippen MR) is 202 cm³/mol. The zero-order valence-corrected chi connectivity index (χ0v) is 30.1. The van der Waals surface area contributed by atoms with Gasteiger partial charge in [0.25, 0.3) is 0 Å². The lowest BCUT2D eigenvalue weighted by molar-refractivity contribution is -0.123. The van der Waals surface area contributed by atoms with Crippen molar-refractivity contribution in [3.63, 3.8) is 0 Å². The Morgan fingerprint density at radius 2 is 0.957 bits per heavy atom. The molecule has 0 fully saturated rings. The third kappa shape index (κ3) is 33.2. The highest BCUT2D eigenvalue weighted by molar-refractivity contribution is 5.76. The summed E-state index contributed by atoms with van der Waals surface area (Å²) in [6.45, 7) is 4.12. The number of aliphatic hydroxyl groups excluding tert-OH is 2. The Morgan fingerprint density at radius 1 is 0.543 bits per heavy atom. The molecule has 2 unspecified atom stereocenters. The van der Waals surface area contributed by atoms with Crippen LogP contribution in [0.4, 0.5) is 0 Å². The number of hydrogen-bond donors (Lipinski definition) is 3. The van der Waals surface area contributed by atoms with E-state index in [0.717, 1.165) is 57.8 Å². The van der Waals surface area contributed by atoms with Gasteiger partial charge in [0, 0.05) is 6.42 Å². The largest absolute Gasteiger partial charge is 0.394 e. The van der Waals surface area contributed by atoms with Gasteiger partial charge in [-0.2, -0.15) is 0 Å². The second-order valence-electron chi connectivity index (χ2n) is 12.6. The third-order valence-electron chi connectivity index (χ3n) is 8.20. The van der Waals surface area contributed by atoms with E-state index in [1.807, 2.05) is 6.08 Å². The predicted octanol–water partition coefficient (Wildman–Crippen LogP) is 11.6. The van der Waals surface area contributed by atoms with E-state index < -0.39 is 12.1 Å². The smallest absolute Gasteiger partial charge is 0.220 e. The van der Waals surface area contributed by atoms with Gasteiger partial charge in [0.2, 0.25) is 5.91 Å². The fourth-order valence-corrected chi connectivity index (χ4v) is 5.26. The van der Waals surface area contributed by atoms with Crippen LogP contribution in [0.3, 0.4) is 0 Å².